The number of carbonyl (C=O) groups excluding carboxylic acids is 2. The van der Waals surface area contributed by atoms with Crippen LogP contribution in [-0.4, -0.2) is 23.0 Å². The quantitative estimate of drug-likeness (QED) is 0.380. The second-order valence-corrected chi connectivity index (χ2v) is 16.7. The van der Waals surface area contributed by atoms with E-state index in [2.05, 4.69) is 54.5 Å². The molecule has 4 saturated carbocycles. The first-order chi connectivity index (χ1) is 19.1. The Labute approximate surface area is 247 Å². The van der Waals surface area contributed by atoms with Gasteiger partial charge in [-0.05, 0) is 115 Å². The summed E-state index contributed by atoms with van der Waals surface area (Å²) < 4.78 is 5.93. The minimum atomic E-state index is -0.550. The third-order valence-electron chi connectivity index (χ3n) is 14.3. The lowest BCUT2D eigenvalue weighted by Gasteiger charge is -2.70. The monoisotopic (exact) mass is 560 g/mol. The number of aliphatic hydroxyl groups is 1. The molecule has 0 saturated heterocycles. The van der Waals surface area contributed by atoms with Gasteiger partial charge in [0.1, 0.15) is 6.61 Å². The number of ketones is 1. The van der Waals surface area contributed by atoms with Crippen molar-refractivity contribution in [2.75, 3.05) is 0 Å². The van der Waals surface area contributed by atoms with Crippen molar-refractivity contribution in [1.82, 2.24) is 0 Å². The van der Waals surface area contributed by atoms with Gasteiger partial charge in [-0.1, -0.05) is 77.4 Å². The average molecular weight is 561 g/mol. The lowest BCUT2D eigenvalue weighted by atomic mass is 9.33. The summed E-state index contributed by atoms with van der Waals surface area (Å²) in [6.45, 7) is 16.5. The van der Waals surface area contributed by atoms with E-state index in [1.165, 1.54) is 5.57 Å². The number of fused-ring (bicyclic) bond motifs is 7. The van der Waals surface area contributed by atoms with Gasteiger partial charge in [0.15, 0.2) is 5.78 Å². The van der Waals surface area contributed by atoms with Crippen LogP contribution in [0.2, 0.25) is 0 Å². The van der Waals surface area contributed by atoms with E-state index in [9.17, 15) is 14.7 Å². The Morgan fingerprint density at radius 1 is 0.902 bits per heavy atom. The van der Waals surface area contributed by atoms with Crippen LogP contribution in [-0.2, 0) is 20.9 Å². The van der Waals surface area contributed by atoms with Crippen molar-refractivity contribution >= 4 is 11.8 Å². The maximum absolute atomic E-state index is 14.5. The van der Waals surface area contributed by atoms with E-state index >= 15 is 0 Å². The van der Waals surface area contributed by atoms with Gasteiger partial charge in [-0.15, -0.1) is 0 Å². The summed E-state index contributed by atoms with van der Waals surface area (Å²) in [5.74, 6) is 0.734. The smallest absolute Gasteiger partial charge is 0.312 e. The molecule has 1 aromatic rings. The van der Waals surface area contributed by atoms with Gasteiger partial charge < -0.3 is 9.84 Å². The maximum atomic E-state index is 14.5. The average Bonchev–Trinajstić information content (AvgIpc) is 2.92. The fourth-order valence-corrected chi connectivity index (χ4v) is 11.3. The van der Waals surface area contributed by atoms with E-state index in [0.29, 0.717) is 18.3 Å². The summed E-state index contributed by atoms with van der Waals surface area (Å²) >= 11 is 0. The minimum Gasteiger partial charge on any atom is -0.460 e. The molecule has 224 valence electrons. The highest BCUT2D eigenvalue weighted by Gasteiger charge is 2.70. The van der Waals surface area contributed by atoms with Crippen LogP contribution in [0.1, 0.15) is 112 Å². The van der Waals surface area contributed by atoms with Crippen molar-refractivity contribution in [1.29, 1.82) is 0 Å². The van der Waals surface area contributed by atoms with E-state index in [0.717, 1.165) is 63.4 Å². The van der Waals surface area contributed by atoms with Crippen molar-refractivity contribution in [3.63, 3.8) is 0 Å². The zero-order valence-corrected chi connectivity index (χ0v) is 26.5. The summed E-state index contributed by atoms with van der Waals surface area (Å²) in [7, 11) is 0. The molecule has 9 atom stereocenters. The molecule has 3 unspecified atom stereocenters. The van der Waals surface area contributed by atoms with Gasteiger partial charge >= 0.3 is 5.97 Å². The van der Waals surface area contributed by atoms with Crippen LogP contribution in [0.3, 0.4) is 0 Å². The topological polar surface area (TPSA) is 63.6 Å². The van der Waals surface area contributed by atoms with E-state index in [1.807, 2.05) is 30.3 Å². The number of benzene rings is 1. The molecule has 1 N–H and O–H groups in total. The molecule has 4 heteroatoms. The fourth-order valence-electron chi connectivity index (χ4n) is 11.3. The molecule has 4 fully saturated rings. The van der Waals surface area contributed by atoms with Gasteiger partial charge in [0.25, 0.3) is 0 Å². The Kier molecular flexibility index (Phi) is 6.60. The molecule has 0 aromatic heterocycles. The normalized spacial score (nSPS) is 46.7. The van der Waals surface area contributed by atoms with Gasteiger partial charge in [0, 0.05) is 5.92 Å². The van der Waals surface area contributed by atoms with Crippen LogP contribution in [0.4, 0.5) is 0 Å². The van der Waals surface area contributed by atoms with Crippen molar-refractivity contribution in [2.24, 2.45) is 50.2 Å². The molecule has 0 aliphatic heterocycles. The zero-order valence-electron chi connectivity index (χ0n) is 26.5. The van der Waals surface area contributed by atoms with Crippen molar-refractivity contribution < 1.29 is 19.4 Å². The summed E-state index contributed by atoms with van der Waals surface area (Å²) in [6, 6.07) is 9.93. The second kappa shape index (κ2) is 9.28. The molecular weight excluding hydrogens is 508 g/mol. The number of hydrogen-bond donors (Lipinski definition) is 1. The molecule has 1 aromatic carbocycles. The molecule has 6 rings (SSSR count). The Hall–Kier alpha value is -1.94. The number of hydrogen-bond acceptors (Lipinski definition) is 4. The summed E-state index contributed by atoms with van der Waals surface area (Å²) in [5.41, 5.74) is 1.40. The molecule has 5 aliphatic rings. The van der Waals surface area contributed by atoms with Crippen LogP contribution < -0.4 is 0 Å². The van der Waals surface area contributed by atoms with Crippen molar-refractivity contribution in [3.8, 4) is 0 Å². The molecule has 0 spiro atoms. The van der Waals surface area contributed by atoms with Crippen molar-refractivity contribution in [2.45, 2.75) is 119 Å². The van der Waals surface area contributed by atoms with Crippen molar-refractivity contribution in [3.05, 3.63) is 47.5 Å². The Bertz CT molecular complexity index is 1260. The third-order valence-corrected chi connectivity index (χ3v) is 14.3. The number of aliphatic hydroxyl groups excluding tert-OH is 1. The second-order valence-electron chi connectivity index (χ2n) is 16.7. The van der Waals surface area contributed by atoms with Crippen LogP contribution in [0.5, 0.6) is 0 Å². The lowest BCUT2D eigenvalue weighted by molar-refractivity contribution is -0.202. The number of esters is 1. The zero-order chi connectivity index (χ0) is 29.6. The Balaban J connectivity index is 1.34. The first-order valence-electron chi connectivity index (χ1n) is 16.3. The molecular formula is C37H52O4. The SMILES string of the molecule is CC1(C)C(O)CC[C@@]2(C)C1CC[C@]1(C)C2C(=O)C=C2[C@@H]3C[C@@](C)(C(=O)OCc4ccccc4)CC[C@]3(C)CC[C@]21C. The highest BCUT2D eigenvalue weighted by Crippen LogP contribution is 2.75. The predicted molar refractivity (Wildman–Crippen MR) is 162 cm³/mol. The summed E-state index contributed by atoms with van der Waals surface area (Å²) in [4.78, 5) is 28.1. The molecule has 0 bridgehead atoms. The molecule has 0 radical (unpaired) electrons. The molecule has 5 aliphatic carbocycles. The molecule has 41 heavy (non-hydrogen) atoms. The first-order valence-corrected chi connectivity index (χ1v) is 16.3. The number of rotatable bonds is 3. The van der Waals surface area contributed by atoms with Gasteiger partial charge in [0.2, 0.25) is 0 Å². The number of ether oxygens (including phenoxy) is 1. The summed E-state index contributed by atoms with van der Waals surface area (Å²) in [6.07, 6.45) is 10.4. The maximum Gasteiger partial charge on any atom is 0.312 e. The molecule has 4 nitrogen and oxygen atoms in total. The van der Waals surface area contributed by atoms with Gasteiger partial charge in [-0.3, -0.25) is 9.59 Å². The Morgan fingerprint density at radius 3 is 2.29 bits per heavy atom. The van der Waals surface area contributed by atoms with Crippen LogP contribution in [0.15, 0.2) is 42.0 Å². The highest BCUT2D eigenvalue weighted by atomic mass is 16.5. The standard InChI is InChI=1S/C37H52O4/c1-32(2)28-13-16-37(7)30(35(28,5)15-14-29(32)39)27(38)21-25-26-22-34(4,18-17-33(26,3)19-20-36(25,37)6)31(40)41-23-24-11-9-8-10-12-24/h8-12,21,26,28-30,39H,13-20,22-23H2,1-7H3/t26-,28?,29?,30?,33+,34-,35-,36+,37+/m0/s1. The van der Waals surface area contributed by atoms with Gasteiger partial charge in [-0.2, -0.15) is 0 Å². The largest absolute Gasteiger partial charge is 0.460 e. The van der Waals surface area contributed by atoms with E-state index < -0.39 is 5.41 Å². The van der Waals surface area contributed by atoms with Gasteiger partial charge in [0.05, 0.1) is 11.5 Å². The van der Waals surface area contributed by atoms with Crippen LogP contribution >= 0.6 is 0 Å². The molecule has 0 heterocycles. The van der Waals surface area contributed by atoms with Gasteiger partial charge in [-0.25, -0.2) is 0 Å². The van der Waals surface area contributed by atoms with Crippen LogP contribution in [0.25, 0.3) is 0 Å². The highest BCUT2D eigenvalue weighted by molar-refractivity contribution is 5.95. The first kappa shape index (κ1) is 29.1. The Morgan fingerprint density at radius 2 is 1.59 bits per heavy atom. The van der Waals surface area contributed by atoms with Crippen LogP contribution in [0, 0.1) is 50.2 Å². The predicted octanol–water partition coefficient (Wildman–Crippen LogP) is 8.07. The number of allylic oxidation sites excluding steroid dienone is 2. The van der Waals surface area contributed by atoms with E-state index in [4.69, 9.17) is 4.74 Å². The fraction of sp³-hybridized carbons (Fsp3) is 0.730. The molecule has 0 amide bonds. The lowest BCUT2D eigenvalue weighted by Crippen LogP contribution is -2.66. The van der Waals surface area contributed by atoms with E-state index in [-0.39, 0.29) is 51.0 Å². The van der Waals surface area contributed by atoms with E-state index in [1.54, 1.807) is 0 Å². The number of carbonyl (C=O) groups is 2. The summed E-state index contributed by atoms with van der Waals surface area (Å²) in [5, 5.41) is 11.0. The third kappa shape index (κ3) is 4.01. The minimum absolute atomic E-state index is 0.0237.